The van der Waals surface area contributed by atoms with Gasteiger partial charge in [0, 0.05) is 6.92 Å². The molecule has 0 aliphatic carbocycles. The van der Waals surface area contributed by atoms with Crippen LogP contribution in [0.15, 0.2) is 39.9 Å². The molecule has 3 rings (SSSR count). The summed E-state index contributed by atoms with van der Waals surface area (Å²) >= 11 is 1.13. The monoisotopic (exact) mass is 358 g/mol. The molecule has 0 aliphatic heterocycles. The van der Waals surface area contributed by atoms with Crippen LogP contribution in [0.4, 0.5) is 0 Å². The van der Waals surface area contributed by atoms with Crippen LogP contribution < -0.4 is 0 Å². The summed E-state index contributed by atoms with van der Waals surface area (Å²) in [5.74, 6) is 0.653. The summed E-state index contributed by atoms with van der Waals surface area (Å²) in [6.07, 6.45) is 0. The largest absolute Gasteiger partial charge is 0.481 e. The zero-order chi connectivity index (χ0) is 18.0. The Hall–Kier alpha value is -2.61. The summed E-state index contributed by atoms with van der Waals surface area (Å²) in [5, 5.41) is 18.0. The molecular formula is C17H18N4O3S. The third-order valence-corrected chi connectivity index (χ3v) is 4.69. The van der Waals surface area contributed by atoms with Crippen LogP contribution in [0.5, 0.6) is 0 Å². The molecule has 1 N–H and O–H groups in total. The lowest BCUT2D eigenvalue weighted by molar-refractivity contribution is -0.133. The number of hydrogen-bond acceptors (Lipinski definition) is 6. The van der Waals surface area contributed by atoms with Gasteiger partial charge in [-0.15, -0.1) is 10.2 Å². The molecule has 0 saturated carbocycles. The van der Waals surface area contributed by atoms with Gasteiger partial charge in [0.1, 0.15) is 0 Å². The average molecular weight is 358 g/mol. The Balaban J connectivity index is 2.09. The maximum Gasteiger partial charge on any atom is 0.313 e. The number of aryl methyl sites for hydroxylation is 2. The maximum atomic E-state index is 11.0. The van der Waals surface area contributed by atoms with E-state index in [0.29, 0.717) is 22.6 Å². The minimum atomic E-state index is -0.903. The number of aromatic nitrogens is 4. The minimum absolute atomic E-state index is 0.0892. The number of carboxylic acid groups (broad SMARTS) is 1. The Kier molecular flexibility index (Phi) is 4.89. The molecule has 1 atom stereocenters. The lowest BCUT2D eigenvalue weighted by Crippen LogP contribution is -2.11. The SMILES string of the molecule is Cc1nc(C)c(-c2nnc(SCC(=O)O)n2[C@H](C)c2ccccc2)o1. The first kappa shape index (κ1) is 17.2. The Morgan fingerprint density at radius 3 is 2.60 bits per heavy atom. The smallest absolute Gasteiger partial charge is 0.313 e. The van der Waals surface area contributed by atoms with E-state index in [2.05, 4.69) is 15.2 Å². The van der Waals surface area contributed by atoms with E-state index in [-0.39, 0.29) is 11.8 Å². The first-order valence-corrected chi connectivity index (χ1v) is 8.74. The minimum Gasteiger partial charge on any atom is -0.481 e. The van der Waals surface area contributed by atoms with Gasteiger partial charge in [0.05, 0.1) is 17.5 Å². The molecule has 8 heteroatoms. The molecule has 0 amide bonds. The molecule has 25 heavy (non-hydrogen) atoms. The van der Waals surface area contributed by atoms with Crippen molar-refractivity contribution < 1.29 is 14.3 Å². The van der Waals surface area contributed by atoms with Crippen molar-refractivity contribution in [2.75, 3.05) is 5.75 Å². The van der Waals surface area contributed by atoms with Gasteiger partial charge >= 0.3 is 5.97 Å². The fraction of sp³-hybridized carbons (Fsp3) is 0.294. The van der Waals surface area contributed by atoms with Crippen LogP contribution in [0.1, 0.15) is 30.1 Å². The highest BCUT2D eigenvalue weighted by atomic mass is 32.2. The van der Waals surface area contributed by atoms with E-state index < -0.39 is 5.97 Å². The molecular weight excluding hydrogens is 340 g/mol. The van der Waals surface area contributed by atoms with Gasteiger partial charge in [-0.25, -0.2) is 4.98 Å². The Morgan fingerprint density at radius 1 is 1.28 bits per heavy atom. The summed E-state index contributed by atoms with van der Waals surface area (Å²) in [4.78, 5) is 15.2. The number of hydrogen-bond donors (Lipinski definition) is 1. The van der Waals surface area contributed by atoms with Crippen LogP contribution in [0.25, 0.3) is 11.6 Å². The molecule has 3 aromatic rings. The number of carboxylic acids is 1. The van der Waals surface area contributed by atoms with Crippen molar-refractivity contribution in [3.05, 3.63) is 47.5 Å². The highest BCUT2D eigenvalue weighted by Gasteiger charge is 2.24. The van der Waals surface area contributed by atoms with Crippen LogP contribution in [0, 0.1) is 13.8 Å². The number of aliphatic carboxylic acids is 1. The van der Waals surface area contributed by atoms with E-state index in [1.54, 1.807) is 6.92 Å². The third-order valence-electron chi connectivity index (χ3n) is 3.77. The second-order valence-corrected chi connectivity index (χ2v) is 6.54. The van der Waals surface area contributed by atoms with Gasteiger partial charge in [0.2, 0.25) is 5.82 Å². The number of nitrogens with zero attached hydrogens (tertiary/aromatic N) is 4. The zero-order valence-corrected chi connectivity index (χ0v) is 14.9. The molecule has 7 nitrogen and oxygen atoms in total. The predicted molar refractivity (Wildman–Crippen MR) is 93.6 cm³/mol. The van der Waals surface area contributed by atoms with Gasteiger partial charge < -0.3 is 9.52 Å². The van der Waals surface area contributed by atoms with Crippen LogP contribution in [0.2, 0.25) is 0 Å². The lowest BCUT2D eigenvalue weighted by atomic mass is 10.1. The van der Waals surface area contributed by atoms with Gasteiger partial charge in [0.25, 0.3) is 0 Å². The van der Waals surface area contributed by atoms with Crippen LogP contribution >= 0.6 is 11.8 Å². The Bertz CT molecular complexity index is 889. The van der Waals surface area contributed by atoms with Crippen LogP contribution in [-0.4, -0.2) is 36.6 Å². The van der Waals surface area contributed by atoms with E-state index in [0.717, 1.165) is 23.0 Å². The predicted octanol–water partition coefficient (Wildman–Crippen LogP) is 3.34. The topological polar surface area (TPSA) is 94.0 Å². The van der Waals surface area contributed by atoms with Crippen molar-refractivity contribution in [2.45, 2.75) is 32.0 Å². The standard InChI is InChI=1S/C17H18N4O3S/c1-10-15(24-12(3)18-10)16-19-20-17(25-9-14(22)23)21(16)11(2)13-7-5-4-6-8-13/h4-8,11H,9H2,1-3H3,(H,22,23)/t11-/m1/s1. The van der Waals surface area contributed by atoms with Gasteiger partial charge in [0.15, 0.2) is 16.8 Å². The summed E-state index contributed by atoms with van der Waals surface area (Å²) < 4.78 is 7.60. The first-order chi connectivity index (χ1) is 12.0. The number of benzene rings is 1. The second kappa shape index (κ2) is 7.10. The highest BCUT2D eigenvalue weighted by Crippen LogP contribution is 2.32. The maximum absolute atomic E-state index is 11.0. The van der Waals surface area contributed by atoms with Crippen molar-refractivity contribution in [1.82, 2.24) is 19.7 Å². The lowest BCUT2D eigenvalue weighted by Gasteiger charge is -2.17. The van der Waals surface area contributed by atoms with Gasteiger partial charge in [-0.2, -0.15) is 0 Å². The van der Waals surface area contributed by atoms with Crippen molar-refractivity contribution >= 4 is 17.7 Å². The fourth-order valence-electron chi connectivity index (χ4n) is 2.63. The van der Waals surface area contributed by atoms with Gasteiger partial charge in [-0.05, 0) is 19.4 Å². The van der Waals surface area contributed by atoms with Crippen molar-refractivity contribution in [2.24, 2.45) is 0 Å². The van der Waals surface area contributed by atoms with E-state index in [1.807, 2.05) is 48.7 Å². The number of carbonyl (C=O) groups is 1. The molecule has 1 aromatic carbocycles. The first-order valence-electron chi connectivity index (χ1n) is 7.76. The molecule has 0 saturated heterocycles. The van der Waals surface area contributed by atoms with E-state index in [1.165, 1.54) is 0 Å². The molecule has 0 radical (unpaired) electrons. The summed E-state index contributed by atoms with van der Waals surface area (Å²) in [6, 6.07) is 9.81. The number of rotatable bonds is 6. The van der Waals surface area contributed by atoms with Crippen molar-refractivity contribution in [3.63, 3.8) is 0 Å². The van der Waals surface area contributed by atoms with Crippen molar-refractivity contribution in [1.29, 1.82) is 0 Å². The van der Waals surface area contributed by atoms with Crippen molar-refractivity contribution in [3.8, 4) is 11.6 Å². The normalized spacial score (nSPS) is 12.3. The Morgan fingerprint density at radius 2 is 2.00 bits per heavy atom. The quantitative estimate of drug-likeness (QED) is 0.675. The average Bonchev–Trinajstić information content (AvgIpc) is 3.15. The molecule has 2 heterocycles. The molecule has 0 spiro atoms. The summed E-state index contributed by atoms with van der Waals surface area (Å²) in [7, 11) is 0. The van der Waals surface area contributed by atoms with E-state index in [4.69, 9.17) is 9.52 Å². The molecule has 0 bridgehead atoms. The molecule has 2 aromatic heterocycles. The molecule has 0 aliphatic rings. The molecule has 0 unspecified atom stereocenters. The Labute approximate surface area is 149 Å². The highest BCUT2D eigenvalue weighted by molar-refractivity contribution is 7.99. The number of thioether (sulfide) groups is 1. The number of oxazole rings is 1. The van der Waals surface area contributed by atoms with Crippen LogP contribution in [0.3, 0.4) is 0 Å². The van der Waals surface area contributed by atoms with Crippen LogP contribution in [-0.2, 0) is 4.79 Å². The van der Waals surface area contributed by atoms with Gasteiger partial charge in [-0.1, -0.05) is 42.1 Å². The van der Waals surface area contributed by atoms with E-state index >= 15 is 0 Å². The molecule has 130 valence electrons. The second-order valence-electron chi connectivity index (χ2n) is 5.59. The third kappa shape index (κ3) is 3.58. The summed E-state index contributed by atoms with van der Waals surface area (Å²) in [5.41, 5.74) is 1.79. The summed E-state index contributed by atoms with van der Waals surface area (Å²) in [6.45, 7) is 5.64. The fourth-order valence-corrected chi connectivity index (χ4v) is 3.36. The van der Waals surface area contributed by atoms with Gasteiger partial charge in [-0.3, -0.25) is 9.36 Å². The van der Waals surface area contributed by atoms with E-state index in [9.17, 15) is 4.79 Å². The zero-order valence-electron chi connectivity index (χ0n) is 14.1. The molecule has 0 fully saturated rings.